The van der Waals surface area contributed by atoms with Gasteiger partial charge in [0.05, 0.1) is 11.6 Å². The number of nitriles is 1. The highest BCUT2D eigenvalue weighted by Gasteiger charge is 2.02. The molecule has 2 nitrogen and oxygen atoms in total. The lowest BCUT2D eigenvalue weighted by molar-refractivity contribution is 0.104. The molecule has 0 atom stereocenters. The molecule has 0 N–H and O–H groups in total. The molecule has 0 amide bonds. The van der Waals surface area contributed by atoms with Crippen LogP contribution in [0.15, 0.2) is 72.8 Å². The summed E-state index contributed by atoms with van der Waals surface area (Å²) in [6.07, 6.45) is 3.41. The van der Waals surface area contributed by atoms with E-state index in [9.17, 15) is 4.79 Å². The first kappa shape index (κ1) is 13.8. The fraction of sp³-hybridized carbons (Fsp3) is 0. The van der Waals surface area contributed by atoms with Gasteiger partial charge in [-0.25, -0.2) is 0 Å². The van der Waals surface area contributed by atoms with Gasteiger partial charge in [-0.2, -0.15) is 5.26 Å². The first-order chi connectivity index (χ1) is 10.8. The third-order valence-electron chi connectivity index (χ3n) is 3.54. The van der Waals surface area contributed by atoms with Crippen molar-refractivity contribution in [2.24, 2.45) is 0 Å². The van der Waals surface area contributed by atoms with E-state index in [-0.39, 0.29) is 5.78 Å². The molecule has 0 spiro atoms. The van der Waals surface area contributed by atoms with E-state index < -0.39 is 0 Å². The van der Waals surface area contributed by atoms with Gasteiger partial charge in [-0.3, -0.25) is 4.79 Å². The van der Waals surface area contributed by atoms with Crippen molar-refractivity contribution in [3.8, 4) is 6.07 Å². The summed E-state index contributed by atoms with van der Waals surface area (Å²) in [5.41, 5.74) is 2.14. The van der Waals surface area contributed by atoms with E-state index in [1.165, 1.54) is 0 Å². The van der Waals surface area contributed by atoms with Crippen LogP contribution in [0.5, 0.6) is 0 Å². The summed E-state index contributed by atoms with van der Waals surface area (Å²) < 4.78 is 0. The molecule has 104 valence electrons. The summed E-state index contributed by atoms with van der Waals surface area (Å²) in [5, 5.41) is 11.0. The second kappa shape index (κ2) is 6.07. The lowest BCUT2D eigenvalue weighted by Crippen LogP contribution is -1.93. The monoisotopic (exact) mass is 283 g/mol. The summed E-state index contributed by atoms with van der Waals surface area (Å²) in [6, 6.07) is 22.8. The van der Waals surface area contributed by atoms with Crippen LogP contribution in [0.25, 0.3) is 16.8 Å². The van der Waals surface area contributed by atoms with Crippen LogP contribution in [0.3, 0.4) is 0 Å². The van der Waals surface area contributed by atoms with Crippen LogP contribution in [0, 0.1) is 11.3 Å². The Bertz CT molecular complexity index is 894. The Morgan fingerprint density at radius 1 is 0.909 bits per heavy atom. The van der Waals surface area contributed by atoms with Crippen LogP contribution >= 0.6 is 0 Å². The van der Waals surface area contributed by atoms with Gasteiger partial charge in [-0.1, -0.05) is 48.5 Å². The number of rotatable bonds is 3. The van der Waals surface area contributed by atoms with Gasteiger partial charge < -0.3 is 0 Å². The van der Waals surface area contributed by atoms with Crippen molar-refractivity contribution < 1.29 is 4.79 Å². The van der Waals surface area contributed by atoms with Crippen LogP contribution < -0.4 is 0 Å². The first-order valence-electron chi connectivity index (χ1n) is 6.98. The first-order valence-corrected chi connectivity index (χ1v) is 6.98. The molecule has 3 rings (SSSR count). The molecule has 0 unspecified atom stereocenters. The van der Waals surface area contributed by atoms with E-state index in [1.54, 1.807) is 30.3 Å². The maximum atomic E-state index is 12.2. The van der Waals surface area contributed by atoms with Gasteiger partial charge in [-0.15, -0.1) is 0 Å². The number of ketones is 1. The fourth-order valence-corrected chi connectivity index (χ4v) is 2.37. The SMILES string of the molecule is N#Cc1ccc(C(=O)C=Cc2cccc3ccccc23)cc1. The molecule has 0 saturated heterocycles. The normalized spacial score (nSPS) is 10.7. The summed E-state index contributed by atoms with van der Waals surface area (Å²) >= 11 is 0. The largest absolute Gasteiger partial charge is 0.289 e. The Labute approximate surface area is 128 Å². The topological polar surface area (TPSA) is 40.9 Å². The minimum Gasteiger partial charge on any atom is -0.289 e. The average Bonchev–Trinajstić information content (AvgIpc) is 2.59. The molecule has 3 aromatic rings. The predicted molar refractivity (Wildman–Crippen MR) is 88.5 cm³/mol. The Hall–Kier alpha value is -3.18. The molecule has 2 heteroatoms. The van der Waals surface area contributed by atoms with Crippen molar-refractivity contribution >= 4 is 22.6 Å². The lowest BCUT2D eigenvalue weighted by Gasteiger charge is -2.01. The van der Waals surface area contributed by atoms with Crippen LogP contribution in [0.2, 0.25) is 0 Å². The highest BCUT2D eigenvalue weighted by atomic mass is 16.1. The number of carbonyl (C=O) groups is 1. The van der Waals surface area contributed by atoms with Crippen molar-refractivity contribution in [1.29, 1.82) is 5.26 Å². The second-order valence-electron chi connectivity index (χ2n) is 4.96. The molecule has 0 aliphatic heterocycles. The van der Waals surface area contributed by atoms with Gasteiger partial charge in [0.1, 0.15) is 0 Å². The smallest absolute Gasteiger partial charge is 0.185 e. The molecule has 0 saturated carbocycles. The zero-order valence-corrected chi connectivity index (χ0v) is 11.9. The summed E-state index contributed by atoms with van der Waals surface area (Å²) in [7, 11) is 0. The molecule has 0 aliphatic carbocycles. The molecule has 0 radical (unpaired) electrons. The molecular weight excluding hydrogens is 270 g/mol. The van der Waals surface area contributed by atoms with E-state index in [2.05, 4.69) is 12.1 Å². The number of nitrogens with zero attached hydrogens (tertiary/aromatic N) is 1. The minimum atomic E-state index is -0.0718. The van der Waals surface area contributed by atoms with Crippen LogP contribution in [-0.4, -0.2) is 5.78 Å². The number of carbonyl (C=O) groups excluding carboxylic acids is 1. The standard InChI is InChI=1S/C20H13NO/c21-14-15-8-10-18(11-9-15)20(22)13-12-17-6-3-5-16-4-1-2-7-19(16)17/h1-13H. The van der Waals surface area contributed by atoms with Crippen molar-refractivity contribution in [1.82, 2.24) is 0 Å². The highest BCUT2D eigenvalue weighted by molar-refractivity contribution is 6.07. The number of hydrogen-bond acceptors (Lipinski definition) is 2. The average molecular weight is 283 g/mol. The predicted octanol–water partition coefficient (Wildman–Crippen LogP) is 4.61. The maximum absolute atomic E-state index is 12.2. The maximum Gasteiger partial charge on any atom is 0.185 e. The molecule has 0 heterocycles. The van der Waals surface area contributed by atoms with Crippen molar-refractivity contribution in [2.75, 3.05) is 0 Å². The molecular formula is C20H13NO. The number of fused-ring (bicyclic) bond motifs is 1. The van der Waals surface area contributed by atoms with Crippen molar-refractivity contribution in [2.45, 2.75) is 0 Å². The molecule has 0 aromatic heterocycles. The van der Waals surface area contributed by atoms with E-state index in [0.717, 1.165) is 16.3 Å². The fourth-order valence-electron chi connectivity index (χ4n) is 2.37. The van der Waals surface area contributed by atoms with Gasteiger partial charge in [0.2, 0.25) is 0 Å². The van der Waals surface area contributed by atoms with E-state index in [4.69, 9.17) is 5.26 Å². The van der Waals surface area contributed by atoms with Gasteiger partial charge >= 0.3 is 0 Å². The molecule has 0 aliphatic rings. The van der Waals surface area contributed by atoms with Crippen LogP contribution in [0.4, 0.5) is 0 Å². The third kappa shape index (κ3) is 2.79. The number of allylic oxidation sites excluding steroid dienone is 1. The molecule has 0 bridgehead atoms. The Kier molecular flexibility index (Phi) is 3.80. The Morgan fingerprint density at radius 2 is 1.64 bits per heavy atom. The van der Waals surface area contributed by atoms with Crippen molar-refractivity contribution in [3.63, 3.8) is 0 Å². The number of benzene rings is 3. The zero-order valence-electron chi connectivity index (χ0n) is 11.9. The minimum absolute atomic E-state index is 0.0718. The Morgan fingerprint density at radius 3 is 2.41 bits per heavy atom. The van der Waals surface area contributed by atoms with Gasteiger partial charge in [0.15, 0.2) is 5.78 Å². The molecule has 3 aromatic carbocycles. The van der Waals surface area contributed by atoms with Crippen LogP contribution in [0.1, 0.15) is 21.5 Å². The van der Waals surface area contributed by atoms with Crippen LogP contribution in [-0.2, 0) is 0 Å². The highest BCUT2D eigenvalue weighted by Crippen LogP contribution is 2.19. The van der Waals surface area contributed by atoms with E-state index in [0.29, 0.717) is 11.1 Å². The van der Waals surface area contributed by atoms with Gasteiger partial charge in [0.25, 0.3) is 0 Å². The summed E-state index contributed by atoms with van der Waals surface area (Å²) in [6.45, 7) is 0. The Balaban J connectivity index is 1.89. The van der Waals surface area contributed by atoms with E-state index in [1.807, 2.05) is 42.5 Å². The van der Waals surface area contributed by atoms with Gasteiger partial charge in [-0.05, 0) is 46.7 Å². The molecule has 22 heavy (non-hydrogen) atoms. The lowest BCUT2D eigenvalue weighted by atomic mass is 10.0. The van der Waals surface area contributed by atoms with E-state index >= 15 is 0 Å². The van der Waals surface area contributed by atoms with Gasteiger partial charge in [0, 0.05) is 5.56 Å². The third-order valence-corrected chi connectivity index (χ3v) is 3.54. The summed E-state index contributed by atoms with van der Waals surface area (Å²) in [5.74, 6) is -0.0718. The molecule has 0 fully saturated rings. The van der Waals surface area contributed by atoms with Crippen molar-refractivity contribution in [3.05, 3.63) is 89.5 Å². The quantitative estimate of drug-likeness (QED) is 0.520. The second-order valence-corrected chi connectivity index (χ2v) is 4.96. The zero-order chi connectivity index (χ0) is 15.4. The summed E-state index contributed by atoms with van der Waals surface area (Å²) in [4.78, 5) is 12.2. The number of hydrogen-bond donors (Lipinski definition) is 0.